The van der Waals surface area contributed by atoms with Crippen molar-refractivity contribution in [2.45, 2.75) is 38.0 Å². The molecule has 0 radical (unpaired) electrons. The van der Waals surface area contributed by atoms with Crippen molar-refractivity contribution in [3.63, 3.8) is 0 Å². The third-order valence-corrected chi connectivity index (χ3v) is 3.27. The van der Waals surface area contributed by atoms with E-state index in [0.717, 1.165) is 11.5 Å². The lowest BCUT2D eigenvalue weighted by Gasteiger charge is -2.20. The standard InChI is InChI=1S/C11H15N5/c12-11-14-9-6-7-13-10(16(9)15-11)8-4-2-1-3-5-8/h6-8H,1-5H2,(H2,12,15). The zero-order valence-corrected chi connectivity index (χ0v) is 9.13. The van der Waals surface area contributed by atoms with Gasteiger partial charge in [-0.3, -0.25) is 0 Å². The average Bonchev–Trinajstić information content (AvgIpc) is 2.70. The van der Waals surface area contributed by atoms with Gasteiger partial charge in [0.25, 0.3) is 0 Å². The van der Waals surface area contributed by atoms with E-state index < -0.39 is 0 Å². The van der Waals surface area contributed by atoms with Crippen LogP contribution in [0.5, 0.6) is 0 Å². The Morgan fingerprint density at radius 3 is 2.88 bits per heavy atom. The zero-order valence-electron chi connectivity index (χ0n) is 9.13. The lowest BCUT2D eigenvalue weighted by atomic mass is 9.89. The molecule has 1 aliphatic carbocycles. The number of hydrogen-bond donors (Lipinski definition) is 1. The predicted molar refractivity (Wildman–Crippen MR) is 61.0 cm³/mol. The molecular formula is C11H15N5. The van der Waals surface area contributed by atoms with Gasteiger partial charge in [-0.15, -0.1) is 5.10 Å². The first-order valence-electron chi connectivity index (χ1n) is 5.82. The third kappa shape index (κ3) is 1.52. The minimum absolute atomic E-state index is 0.324. The highest BCUT2D eigenvalue weighted by molar-refractivity contribution is 5.41. The number of hydrogen-bond acceptors (Lipinski definition) is 4. The van der Waals surface area contributed by atoms with E-state index in [9.17, 15) is 0 Å². The molecule has 5 nitrogen and oxygen atoms in total. The lowest BCUT2D eigenvalue weighted by Crippen LogP contribution is -2.12. The summed E-state index contributed by atoms with van der Waals surface area (Å²) >= 11 is 0. The van der Waals surface area contributed by atoms with Gasteiger partial charge in [0.15, 0.2) is 5.65 Å². The first-order valence-corrected chi connectivity index (χ1v) is 5.82. The molecule has 1 fully saturated rings. The normalized spacial score (nSPS) is 18.0. The summed E-state index contributed by atoms with van der Waals surface area (Å²) in [6.07, 6.45) is 8.11. The van der Waals surface area contributed by atoms with Crippen molar-refractivity contribution in [2.75, 3.05) is 5.73 Å². The van der Waals surface area contributed by atoms with Gasteiger partial charge in [0, 0.05) is 18.2 Å². The van der Waals surface area contributed by atoms with Crippen molar-refractivity contribution in [3.05, 3.63) is 18.1 Å². The Bertz CT molecular complexity index is 498. The van der Waals surface area contributed by atoms with Crippen molar-refractivity contribution in [3.8, 4) is 0 Å². The van der Waals surface area contributed by atoms with Crippen LogP contribution >= 0.6 is 0 Å². The molecule has 2 aromatic rings. The van der Waals surface area contributed by atoms with Crippen LogP contribution in [0.1, 0.15) is 43.8 Å². The van der Waals surface area contributed by atoms with Crippen LogP contribution in [-0.4, -0.2) is 19.6 Å². The van der Waals surface area contributed by atoms with Gasteiger partial charge in [0.05, 0.1) is 0 Å². The van der Waals surface area contributed by atoms with Crippen LogP contribution in [-0.2, 0) is 0 Å². The fourth-order valence-electron chi connectivity index (χ4n) is 2.49. The van der Waals surface area contributed by atoms with Gasteiger partial charge in [-0.2, -0.15) is 9.50 Å². The Hall–Kier alpha value is -1.65. The summed E-state index contributed by atoms with van der Waals surface area (Å²) in [6, 6.07) is 1.84. The van der Waals surface area contributed by atoms with Crippen LogP contribution < -0.4 is 5.73 Å². The van der Waals surface area contributed by atoms with Gasteiger partial charge in [0.1, 0.15) is 5.82 Å². The molecule has 2 heterocycles. The molecule has 0 bridgehead atoms. The maximum Gasteiger partial charge on any atom is 0.240 e. The number of nitrogens with zero attached hydrogens (tertiary/aromatic N) is 4. The fourth-order valence-corrected chi connectivity index (χ4v) is 2.49. The van der Waals surface area contributed by atoms with Crippen molar-refractivity contribution >= 4 is 11.6 Å². The zero-order chi connectivity index (χ0) is 11.0. The van der Waals surface area contributed by atoms with E-state index in [0.29, 0.717) is 11.9 Å². The summed E-state index contributed by atoms with van der Waals surface area (Å²) < 4.78 is 1.80. The molecule has 0 aromatic carbocycles. The number of nitrogen functional groups attached to an aromatic ring is 1. The molecule has 2 N–H and O–H groups in total. The summed E-state index contributed by atoms with van der Waals surface area (Å²) in [7, 11) is 0. The highest BCUT2D eigenvalue weighted by atomic mass is 15.3. The Morgan fingerprint density at radius 2 is 2.06 bits per heavy atom. The number of anilines is 1. The third-order valence-electron chi connectivity index (χ3n) is 3.27. The molecule has 0 atom stereocenters. The van der Waals surface area contributed by atoms with Crippen LogP contribution in [0.15, 0.2) is 12.3 Å². The largest absolute Gasteiger partial charge is 0.366 e. The molecule has 0 aliphatic heterocycles. The van der Waals surface area contributed by atoms with Crippen LogP contribution in [0.2, 0.25) is 0 Å². The van der Waals surface area contributed by atoms with Crippen LogP contribution in [0.4, 0.5) is 5.95 Å². The SMILES string of the molecule is Nc1nc2ccnc(C3CCCCC3)n2n1. The van der Waals surface area contributed by atoms with E-state index in [4.69, 9.17) is 5.73 Å². The maximum absolute atomic E-state index is 5.62. The molecule has 1 aliphatic rings. The summed E-state index contributed by atoms with van der Waals surface area (Å²) in [4.78, 5) is 8.61. The minimum atomic E-state index is 0.324. The van der Waals surface area contributed by atoms with Gasteiger partial charge in [-0.1, -0.05) is 19.3 Å². The predicted octanol–water partition coefficient (Wildman–Crippen LogP) is 1.75. The molecule has 2 aromatic heterocycles. The van der Waals surface area contributed by atoms with Crippen molar-refractivity contribution in [1.82, 2.24) is 19.6 Å². The second kappa shape index (κ2) is 3.73. The molecule has 0 saturated heterocycles. The molecular weight excluding hydrogens is 202 g/mol. The monoisotopic (exact) mass is 217 g/mol. The molecule has 16 heavy (non-hydrogen) atoms. The number of rotatable bonds is 1. The van der Waals surface area contributed by atoms with Gasteiger partial charge in [-0.05, 0) is 12.8 Å². The highest BCUT2D eigenvalue weighted by Crippen LogP contribution is 2.31. The molecule has 0 unspecified atom stereocenters. The van der Waals surface area contributed by atoms with E-state index >= 15 is 0 Å². The van der Waals surface area contributed by atoms with E-state index in [1.807, 2.05) is 6.07 Å². The second-order valence-corrected chi connectivity index (χ2v) is 4.38. The van der Waals surface area contributed by atoms with E-state index in [2.05, 4.69) is 15.1 Å². The second-order valence-electron chi connectivity index (χ2n) is 4.38. The highest BCUT2D eigenvalue weighted by Gasteiger charge is 2.20. The van der Waals surface area contributed by atoms with Gasteiger partial charge >= 0.3 is 0 Å². The quantitative estimate of drug-likeness (QED) is 0.790. The fraction of sp³-hybridized carbons (Fsp3) is 0.545. The van der Waals surface area contributed by atoms with Crippen LogP contribution in [0, 0.1) is 0 Å². The summed E-state index contributed by atoms with van der Waals surface area (Å²) in [5.74, 6) is 1.85. The minimum Gasteiger partial charge on any atom is -0.366 e. The van der Waals surface area contributed by atoms with Gasteiger partial charge in [0.2, 0.25) is 5.95 Å². The lowest BCUT2D eigenvalue weighted by molar-refractivity contribution is 0.422. The molecule has 0 amide bonds. The summed E-state index contributed by atoms with van der Waals surface area (Å²) in [5, 5.41) is 4.21. The molecule has 5 heteroatoms. The van der Waals surface area contributed by atoms with Gasteiger partial charge in [-0.25, -0.2) is 4.98 Å². The Morgan fingerprint density at radius 1 is 1.25 bits per heavy atom. The average molecular weight is 217 g/mol. The number of aromatic nitrogens is 4. The van der Waals surface area contributed by atoms with Crippen LogP contribution in [0.25, 0.3) is 5.65 Å². The van der Waals surface area contributed by atoms with Crippen LogP contribution in [0.3, 0.4) is 0 Å². The van der Waals surface area contributed by atoms with E-state index in [-0.39, 0.29) is 0 Å². The number of fused-ring (bicyclic) bond motifs is 1. The van der Waals surface area contributed by atoms with E-state index in [1.54, 1.807) is 10.7 Å². The van der Waals surface area contributed by atoms with Gasteiger partial charge < -0.3 is 5.73 Å². The molecule has 0 spiro atoms. The smallest absolute Gasteiger partial charge is 0.240 e. The molecule has 3 rings (SSSR count). The Balaban J connectivity index is 2.07. The van der Waals surface area contributed by atoms with E-state index in [1.165, 1.54) is 32.1 Å². The van der Waals surface area contributed by atoms with Crippen molar-refractivity contribution in [2.24, 2.45) is 0 Å². The first kappa shape index (κ1) is 9.57. The number of nitrogens with two attached hydrogens (primary N) is 1. The maximum atomic E-state index is 5.62. The molecule has 84 valence electrons. The topological polar surface area (TPSA) is 69.1 Å². The van der Waals surface area contributed by atoms with Crippen molar-refractivity contribution < 1.29 is 0 Å². The first-order chi connectivity index (χ1) is 7.84. The summed E-state index contributed by atoms with van der Waals surface area (Å²) in [5.41, 5.74) is 6.42. The Labute approximate surface area is 93.7 Å². The van der Waals surface area contributed by atoms with Crippen molar-refractivity contribution in [1.29, 1.82) is 0 Å². The molecule has 1 saturated carbocycles. The summed E-state index contributed by atoms with van der Waals surface area (Å²) in [6.45, 7) is 0. The Kier molecular flexibility index (Phi) is 2.23.